The van der Waals surface area contributed by atoms with Gasteiger partial charge < -0.3 is 9.47 Å². The standard InChI is InChI=1S/C23H19NO2.ClH/c1-25-17-12-13-23(26-2)20(14-17)22-15-19(16-8-4-3-5-9-16)18-10-6-7-11-21(18)24-22;/h3-15H,1-2H3;1H. The Balaban J connectivity index is 0.00000210. The first-order chi connectivity index (χ1) is 12.8. The number of fused-ring (bicyclic) bond motifs is 1. The van der Waals surface area contributed by atoms with Gasteiger partial charge in [0.25, 0.3) is 0 Å². The number of hydrogen-bond donors (Lipinski definition) is 0. The first-order valence-corrected chi connectivity index (χ1v) is 8.48. The van der Waals surface area contributed by atoms with Crippen molar-refractivity contribution in [1.29, 1.82) is 0 Å². The minimum Gasteiger partial charge on any atom is -0.497 e. The van der Waals surface area contributed by atoms with Gasteiger partial charge in [-0.15, -0.1) is 12.4 Å². The maximum Gasteiger partial charge on any atom is 0.128 e. The number of ether oxygens (including phenoxy) is 2. The van der Waals surface area contributed by atoms with Gasteiger partial charge in [0.1, 0.15) is 11.5 Å². The van der Waals surface area contributed by atoms with Crippen LogP contribution in [0.15, 0.2) is 78.9 Å². The Hall–Kier alpha value is -3.04. The first kappa shape index (κ1) is 18.7. The van der Waals surface area contributed by atoms with Crippen molar-refractivity contribution in [3.05, 3.63) is 78.9 Å². The molecule has 0 aliphatic heterocycles. The molecule has 0 bridgehead atoms. The Morgan fingerprint density at radius 2 is 1.44 bits per heavy atom. The van der Waals surface area contributed by atoms with Gasteiger partial charge in [0.15, 0.2) is 0 Å². The van der Waals surface area contributed by atoms with Crippen molar-refractivity contribution in [3.8, 4) is 33.9 Å². The van der Waals surface area contributed by atoms with Gasteiger partial charge in [-0.1, -0.05) is 48.5 Å². The molecule has 136 valence electrons. The Morgan fingerprint density at radius 1 is 0.704 bits per heavy atom. The van der Waals surface area contributed by atoms with Gasteiger partial charge >= 0.3 is 0 Å². The van der Waals surface area contributed by atoms with Crippen LogP contribution in [0.25, 0.3) is 33.3 Å². The molecule has 3 aromatic carbocycles. The maximum absolute atomic E-state index is 5.56. The fourth-order valence-corrected chi connectivity index (χ4v) is 3.18. The van der Waals surface area contributed by atoms with E-state index in [-0.39, 0.29) is 12.4 Å². The Labute approximate surface area is 165 Å². The van der Waals surface area contributed by atoms with Crippen LogP contribution in [0.1, 0.15) is 0 Å². The Morgan fingerprint density at radius 3 is 2.19 bits per heavy atom. The van der Waals surface area contributed by atoms with Gasteiger partial charge in [-0.2, -0.15) is 0 Å². The fraction of sp³-hybridized carbons (Fsp3) is 0.0870. The van der Waals surface area contributed by atoms with E-state index in [1.807, 2.05) is 42.5 Å². The van der Waals surface area contributed by atoms with E-state index in [1.54, 1.807) is 14.2 Å². The number of rotatable bonds is 4. The predicted octanol–water partition coefficient (Wildman–Crippen LogP) is 6.01. The van der Waals surface area contributed by atoms with E-state index in [9.17, 15) is 0 Å². The third-order valence-corrected chi connectivity index (χ3v) is 4.48. The van der Waals surface area contributed by atoms with Gasteiger partial charge in [0.05, 0.1) is 25.4 Å². The minimum absolute atomic E-state index is 0. The fourth-order valence-electron chi connectivity index (χ4n) is 3.18. The van der Waals surface area contributed by atoms with Gasteiger partial charge in [-0.05, 0) is 41.5 Å². The molecule has 4 heteroatoms. The van der Waals surface area contributed by atoms with Crippen molar-refractivity contribution in [1.82, 2.24) is 4.98 Å². The molecule has 0 unspecified atom stereocenters. The second-order valence-electron chi connectivity index (χ2n) is 6.00. The molecule has 0 saturated heterocycles. The van der Waals surface area contributed by atoms with Crippen LogP contribution in [0.4, 0.5) is 0 Å². The van der Waals surface area contributed by atoms with Crippen LogP contribution in [0.5, 0.6) is 11.5 Å². The third kappa shape index (κ3) is 3.60. The molecule has 1 aromatic heterocycles. The number of halogens is 1. The highest BCUT2D eigenvalue weighted by Crippen LogP contribution is 2.37. The summed E-state index contributed by atoms with van der Waals surface area (Å²) in [6.07, 6.45) is 0. The molecular weight excluding hydrogens is 358 g/mol. The highest BCUT2D eigenvalue weighted by molar-refractivity contribution is 5.97. The van der Waals surface area contributed by atoms with Gasteiger partial charge in [0.2, 0.25) is 0 Å². The van der Waals surface area contributed by atoms with E-state index < -0.39 is 0 Å². The van der Waals surface area contributed by atoms with Crippen LogP contribution in [0.2, 0.25) is 0 Å². The zero-order valence-corrected chi connectivity index (χ0v) is 16.0. The van der Waals surface area contributed by atoms with Crippen LogP contribution in [0.3, 0.4) is 0 Å². The summed E-state index contributed by atoms with van der Waals surface area (Å²) in [5.41, 5.74) is 5.03. The number of para-hydroxylation sites is 1. The van der Waals surface area contributed by atoms with E-state index in [0.717, 1.165) is 44.8 Å². The molecule has 0 saturated carbocycles. The Bertz CT molecular complexity index is 1060. The molecule has 0 amide bonds. The molecule has 0 atom stereocenters. The van der Waals surface area contributed by atoms with Crippen molar-refractivity contribution in [2.45, 2.75) is 0 Å². The van der Waals surface area contributed by atoms with Crippen LogP contribution < -0.4 is 9.47 Å². The Kier molecular flexibility index (Phi) is 5.63. The van der Waals surface area contributed by atoms with Gasteiger partial charge in [-0.25, -0.2) is 4.98 Å². The summed E-state index contributed by atoms with van der Waals surface area (Å²) in [5, 5.41) is 1.13. The van der Waals surface area contributed by atoms with Crippen molar-refractivity contribution in [2.24, 2.45) is 0 Å². The molecule has 0 aliphatic carbocycles. The van der Waals surface area contributed by atoms with Crippen molar-refractivity contribution in [3.63, 3.8) is 0 Å². The largest absolute Gasteiger partial charge is 0.497 e. The molecule has 3 nitrogen and oxygen atoms in total. The van der Waals surface area contributed by atoms with Crippen LogP contribution in [-0.2, 0) is 0 Å². The van der Waals surface area contributed by atoms with Crippen LogP contribution in [0, 0.1) is 0 Å². The lowest BCUT2D eigenvalue weighted by molar-refractivity contribution is 0.404. The van der Waals surface area contributed by atoms with Gasteiger partial charge in [-0.3, -0.25) is 0 Å². The molecule has 1 heterocycles. The number of pyridine rings is 1. The highest BCUT2D eigenvalue weighted by atomic mass is 35.5. The SMILES string of the molecule is COc1ccc(OC)c(-c2cc(-c3ccccc3)c3ccccc3n2)c1.Cl. The van der Waals surface area contributed by atoms with Gasteiger partial charge in [0, 0.05) is 10.9 Å². The summed E-state index contributed by atoms with van der Waals surface area (Å²) in [4.78, 5) is 4.88. The quantitative estimate of drug-likeness (QED) is 0.436. The molecule has 4 rings (SSSR count). The molecule has 4 aromatic rings. The number of nitrogens with zero attached hydrogens (tertiary/aromatic N) is 1. The molecule has 0 spiro atoms. The molecule has 27 heavy (non-hydrogen) atoms. The van der Waals surface area contributed by atoms with Crippen molar-refractivity contribution in [2.75, 3.05) is 14.2 Å². The lowest BCUT2D eigenvalue weighted by atomic mass is 9.98. The minimum atomic E-state index is 0. The van der Waals surface area contributed by atoms with Crippen LogP contribution in [-0.4, -0.2) is 19.2 Å². The molecule has 0 aliphatic rings. The lowest BCUT2D eigenvalue weighted by Crippen LogP contribution is -1.94. The van der Waals surface area contributed by atoms with Crippen molar-refractivity contribution < 1.29 is 9.47 Å². The first-order valence-electron chi connectivity index (χ1n) is 8.48. The van der Waals surface area contributed by atoms with Crippen molar-refractivity contribution >= 4 is 23.3 Å². The second-order valence-corrected chi connectivity index (χ2v) is 6.00. The topological polar surface area (TPSA) is 31.4 Å². The number of hydrogen-bond acceptors (Lipinski definition) is 3. The summed E-state index contributed by atoms with van der Waals surface area (Å²) in [7, 11) is 3.33. The van der Waals surface area contributed by atoms with E-state index >= 15 is 0 Å². The molecule has 0 fully saturated rings. The monoisotopic (exact) mass is 377 g/mol. The average Bonchev–Trinajstić information content (AvgIpc) is 2.73. The predicted molar refractivity (Wildman–Crippen MR) is 113 cm³/mol. The normalized spacial score (nSPS) is 10.3. The maximum atomic E-state index is 5.56. The summed E-state index contributed by atoms with van der Waals surface area (Å²) in [6.45, 7) is 0. The molecular formula is C23H20ClNO2. The summed E-state index contributed by atoms with van der Waals surface area (Å²) in [6, 6.07) is 26.5. The zero-order valence-electron chi connectivity index (χ0n) is 15.2. The summed E-state index contributed by atoms with van der Waals surface area (Å²) < 4.78 is 11.0. The van der Waals surface area contributed by atoms with E-state index in [2.05, 4.69) is 36.4 Å². The zero-order chi connectivity index (χ0) is 17.9. The van der Waals surface area contributed by atoms with E-state index in [4.69, 9.17) is 14.5 Å². The van der Waals surface area contributed by atoms with E-state index in [1.165, 1.54) is 0 Å². The summed E-state index contributed by atoms with van der Waals surface area (Å²) in [5.74, 6) is 1.55. The smallest absolute Gasteiger partial charge is 0.128 e. The third-order valence-electron chi connectivity index (χ3n) is 4.48. The molecule has 0 N–H and O–H groups in total. The second kappa shape index (κ2) is 8.11. The lowest BCUT2D eigenvalue weighted by Gasteiger charge is -2.13. The van der Waals surface area contributed by atoms with Crippen LogP contribution >= 0.6 is 12.4 Å². The molecule has 0 radical (unpaired) electrons. The average molecular weight is 378 g/mol. The number of benzene rings is 3. The summed E-state index contributed by atoms with van der Waals surface area (Å²) >= 11 is 0. The van der Waals surface area contributed by atoms with E-state index in [0.29, 0.717) is 0 Å². The number of aromatic nitrogens is 1. The number of methoxy groups -OCH3 is 2. The highest BCUT2D eigenvalue weighted by Gasteiger charge is 2.13.